The Morgan fingerprint density at radius 1 is 0.580 bits per heavy atom. The van der Waals surface area contributed by atoms with Gasteiger partial charge in [0.05, 0.1) is 13.8 Å². The summed E-state index contributed by atoms with van der Waals surface area (Å²) in [5.74, 6) is -2.29. The number of nitrogens with zero attached hydrogens (tertiary/aromatic N) is 3. The van der Waals surface area contributed by atoms with Crippen LogP contribution in [0.4, 0.5) is 0 Å². The molecule has 11 rings (SSSR count). The molecule has 0 aliphatic carbocycles. The Kier molecular flexibility index (Phi) is 7.72. The van der Waals surface area contributed by atoms with E-state index in [0.717, 1.165) is 78.2 Å². The number of rotatable bonds is 5. The van der Waals surface area contributed by atoms with Gasteiger partial charge in [0.2, 0.25) is 5.69 Å². The van der Waals surface area contributed by atoms with E-state index in [2.05, 4.69) is 138 Å². The van der Waals surface area contributed by atoms with Gasteiger partial charge in [-0.3, -0.25) is 0 Å². The first-order valence-corrected chi connectivity index (χ1v) is 24.5. The number of pyridine rings is 1. The summed E-state index contributed by atoms with van der Waals surface area (Å²) in [7, 11) is 0. The number of imidazole rings is 1. The molecule has 3 aliphatic rings. The number of para-hydroxylation sites is 1. The molecule has 0 saturated carbocycles. The first-order chi connectivity index (χ1) is 35.9. The summed E-state index contributed by atoms with van der Waals surface area (Å²) in [5.41, 5.74) is 11.1. The lowest BCUT2D eigenvalue weighted by Crippen LogP contribution is -2.78. The van der Waals surface area contributed by atoms with Gasteiger partial charge < -0.3 is 4.74 Å². The SMILES string of the molecule is [2H]c1c([2H])c(C(C)(C)C)c([2H])c([2H])c1-c1c([2H])c([2H])[n+]2c(c1[2H])-c1cc(C(C)(C)C)cc3c1C21Oc2c(cc(C(C)(C)C)cc2C(C)(C)C)-c2n(-c4ccc(-c5c(C([2H])(C)C)cccc5C([2H])(C)C)cc4)c4cccc-3c4[n+]21. The first-order valence-electron chi connectivity index (χ1n) is 29.0. The highest BCUT2D eigenvalue weighted by molar-refractivity contribution is 5.98. The predicted octanol–water partition coefficient (Wildman–Crippen LogP) is 16.2. The van der Waals surface area contributed by atoms with E-state index in [-0.39, 0.29) is 64.2 Å². The summed E-state index contributed by atoms with van der Waals surface area (Å²) in [6.45, 7) is 32.7. The molecular weight excluding hydrogens is 839 g/mol. The van der Waals surface area contributed by atoms with Gasteiger partial charge in [-0.1, -0.05) is 177 Å². The maximum atomic E-state index is 10.5. The van der Waals surface area contributed by atoms with Gasteiger partial charge in [0.15, 0.2) is 23.0 Å². The van der Waals surface area contributed by atoms with E-state index in [9.17, 15) is 12.3 Å². The van der Waals surface area contributed by atoms with Crippen LogP contribution >= 0.6 is 0 Å². The highest BCUT2D eigenvalue weighted by Gasteiger charge is 2.69. The van der Waals surface area contributed by atoms with Crippen molar-refractivity contribution in [3.63, 3.8) is 0 Å². The van der Waals surface area contributed by atoms with Gasteiger partial charge in [-0.05, 0) is 126 Å². The zero-order chi connectivity index (χ0) is 57.0. The van der Waals surface area contributed by atoms with Gasteiger partial charge in [0.25, 0.3) is 0 Å². The molecule has 0 fully saturated rings. The van der Waals surface area contributed by atoms with Crippen LogP contribution in [0.1, 0.15) is 174 Å². The van der Waals surface area contributed by atoms with Crippen molar-refractivity contribution in [2.75, 3.05) is 0 Å². The Bertz CT molecular complexity index is 3900. The Morgan fingerprint density at radius 3 is 1.75 bits per heavy atom. The summed E-state index contributed by atoms with van der Waals surface area (Å²) in [4.78, 5) is 0. The average molecular weight is 919 g/mol. The Morgan fingerprint density at radius 2 is 1.16 bits per heavy atom. The van der Waals surface area contributed by atoms with Gasteiger partial charge in [-0.2, -0.15) is 4.57 Å². The number of hydrogen-bond acceptors (Lipinski definition) is 1. The third-order valence-corrected chi connectivity index (χ3v) is 14.6. The molecule has 0 bridgehead atoms. The lowest BCUT2D eigenvalue weighted by atomic mass is 9.78. The molecule has 2 aromatic heterocycles. The number of hydrogen-bond donors (Lipinski definition) is 0. The van der Waals surface area contributed by atoms with Crippen molar-refractivity contribution in [2.45, 2.75) is 150 Å². The molecule has 69 heavy (non-hydrogen) atoms. The monoisotopic (exact) mass is 919 g/mol. The van der Waals surface area contributed by atoms with Gasteiger partial charge in [0.1, 0.15) is 18.2 Å². The van der Waals surface area contributed by atoms with E-state index in [1.54, 1.807) is 4.57 Å². The van der Waals surface area contributed by atoms with Crippen LogP contribution in [0.25, 0.3) is 72.7 Å². The molecule has 0 saturated heterocycles. The maximum Gasteiger partial charge on any atom is 0.499 e. The minimum absolute atomic E-state index is 0.145. The molecule has 0 N–H and O–H groups in total. The second-order valence-corrected chi connectivity index (χ2v) is 24.2. The predicted molar refractivity (Wildman–Crippen MR) is 287 cm³/mol. The smallest absolute Gasteiger partial charge is 0.392 e. The van der Waals surface area contributed by atoms with Crippen LogP contribution in [0.15, 0.2) is 127 Å². The minimum Gasteiger partial charge on any atom is -0.392 e. The second-order valence-electron chi connectivity index (χ2n) is 24.2. The molecule has 5 heterocycles. The Hall–Kier alpha value is -6.26. The fourth-order valence-corrected chi connectivity index (χ4v) is 10.8. The zero-order valence-corrected chi connectivity index (χ0v) is 43.3. The van der Waals surface area contributed by atoms with E-state index in [0.29, 0.717) is 16.9 Å². The average Bonchev–Trinajstić information content (AvgIpc) is 3.23. The lowest BCUT2D eigenvalue weighted by molar-refractivity contribution is -0.997. The Labute approximate surface area is 424 Å². The summed E-state index contributed by atoms with van der Waals surface area (Å²) < 4.78 is 101. The normalized spacial score (nSPS) is 18.1. The van der Waals surface area contributed by atoms with E-state index < -0.39 is 39.9 Å². The number of ether oxygens (including phenoxy) is 1. The van der Waals surface area contributed by atoms with Crippen molar-refractivity contribution >= 4 is 11.0 Å². The number of benzene rings is 6. The lowest BCUT2D eigenvalue weighted by Gasteiger charge is -2.36. The van der Waals surface area contributed by atoms with E-state index in [1.807, 2.05) is 66.7 Å². The summed E-state index contributed by atoms with van der Waals surface area (Å²) in [6.07, 6.45) is -0.313. The van der Waals surface area contributed by atoms with Crippen LogP contribution in [0, 0.1) is 0 Å². The van der Waals surface area contributed by atoms with E-state index >= 15 is 0 Å². The van der Waals surface area contributed by atoms with Crippen molar-refractivity contribution < 1.29 is 26.2 Å². The second kappa shape index (κ2) is 14.9. The molecule has 3 aliphatic heterocycles. The van der Waals surface area contributed by atoms with Gasteiger partial charge in [-0.15, -0.1) is 9.13 Å². The molecule has 8 aromatic rings. The van der Waals surface area contributed by atoms with Crippen LogP contribution < -0.4 is 13.9 Å². The van der Waals surface area contributed by atoms with Crippen LogP contribution in [0.3, 0.4) is 0 Å². The molecule has 1 unspecified atom stereocenters. The van der Waals surface area contributed by atoms with Crippen molar-refractivity contribution in [1.29, 1.82) is 0 Å². The molecule has 350 valence electrons. The molecule has 4 heteroatoms. The van der Waals surface area contributed by atoms with Crippen LogP contribution in [-0.2, 0) is 27.5 Å². The van der Waals surface area contributed by atoms with Gasteiger partial charge in [-0.25, -0.2) is 0 Å². The fourth-order valence-electron chi connectivity index (χ4n) is 10.8. The van der Waals surface area contributed by atoms with Crippen LogP contribution in [0.2, 0.25) is 0 Å². The molecule has 0 amide bonds. The molecule has 4 nitrogen and oxygen atoms in total. The highest BCUT2D eigenvalue weighted by atomic mass is 16.5. The Balaban J connectivity index is 1.33. The largest absolute Gasteiger partial charge is 0.499 e. The van der Waals surface area contributed by atoms with Gasteiger partial charge in [0, 0.05) is 31.5 Å². The number of aromatic nitrogens is 3. The number of fused-ring (bicyclic) bond motifs is 5. The van der Waals surface area contributed by atoms with Crippen molar-refractivity contribution in [1.82, 2.24) is 4.57 Å². The topological polar surface area (TPSA) is 21.9 Å². The van der Waals surface area contributed by atoms with Crippen LogP contribution in [-0.4, -0.2) is 4.57 Å². The highest BCUT2D eigenvalue weighted by Crippen LogP contribution is 2.56. The molecule has 0 radical (unpaired) electrons. The molecular formula is C65H71N3O+2. The zero-order valence-electron chi connectivity index (χ0n) is 52.3. The third kappa shape index (κ3) is 6.67. The van der Waals surface area contributed by atoms with E-state index in [1.165, 1.54) is 0 Å². The maximum absolute atomic E-state index is 10.5. The minimum atomic E-state index is -1.75. The third-order valence-electron chi connectivity index (χ3n) is 14.6. The van der Waals surface area contributed by atoms with Crippen LogP contribution in [0.5, 0.6) is 5.75 Å². The summed E-state index contributed by atoms with van der Waals surface area (Å²) in [5, 5.41) is 0. The standard InChI is InChI=1S/C65H71N3O/c1-38(2)47-19-17-20-48(39(3)4)56(47)41-25-29-46(30-26-41)67-54-22-18-21-49-50-34-44(62(8,9)10)35-51-55-33-42(40-23-27-43(28-24-40)61(5,6)7)31-32-66(55)65(57(50)51)68(58(49)54)60(67)52-36-45(63(11,12)13)37-53(59(52)69-65)64(14,15)16/h17-39H,1-16H3/q+2/i23D,24D,27D,28D,31D,32D,33D,38D,39D. The first kappa shape index (κ1) is 35.8. The summed E-state index contributed by atoms with van der Waals surface area (Å²) in [6, 6.07) is 27.6. The van der Waals surface area contributed by atoms with Gasteiger partial charge >= 0.3 is 11.7 Å². The van der Waals surface area contributed by atoms with E-state index in [4.69, 9.17) is 4.74 Å². The van der Waals surface area contributed by atoms with Crippen molar-refractivity contribution in [3.05, 3.63) is 166 Å². The summed E-state index contributed by atoms with van der Waals surface area (Å²) >= 11 is 0. The molecule has 1 atom stereocenters. The van der Waals surface area contributed by atoms with Crippen molar-refractivity contribution in [3.8, 4) is 67.5 Å². The van der Waals surface area contributed by atoms with Crippen molar-refractivity contribution in [2.24, 2.45) is 0 Å². The molecule has 6 aromatic carbocycles. The quantitative estimate of drug-likeness (QED) is 0.158. The molecule has 1 spiro atoms. The fraction of sp³-hybridized carbons (Fsp3) is 0.354.